The standard InChI is InChI=1S/C12H11BrN2O2S2/c13-10-4-6-18-12(10)19(16,17)15-9-1-2-11-8(7-9)3-5-14-11/h1-2,4,6-7,14-15H,3,5H2. The van der Waals surface area contributed by atoms with Crippen LogP contribution in [-0.4, -0.2) is 15.0 Å². The lowest BCUT2D eigenvalue weighted by Crippen LogP contribution is -2.12. The highest BCUT2D eigenvalue weighted by atomic mass is 79.9. The molecule has 19 heavy (non-hydrogen) atoms. The van der Waals surface area contributed by atoms with Crippen LogP contribution in [0.15, 0.2) is 38.3 Å². The van der Waals surface area contributed by atoms with Crippen molar-refractivity contribution in [3.05, 3.63) is 39.7 Å². The Morgan fingerprint density at radius 3 is 2.89 bits per heavy atom. The second kappa shape index (κ2) is 4.81. The predicted octanol–water partition coefficient (Wildman–Crippen LogP) is 3.28. The molecule has 0 bridgehead atoms. The van der Waals surface area contributed by atoms with Gasteiger partial charge in [0.2, 0.25) is 0 Å². The van der Waals surface area contributed by atoms with Crippen LogP contribution in [0.25, 0.3) is 0 Å². The van der Waals surface area contributed by atoms with Crippen LogP contribution in [0.4, 0.5) is 11.4 Å². The summed E-state index contributed by atoms with van der Waals surface area (Å²) in [4.78, 5) is 0. The fourth-order valence-corrected chi connectivity index (χ4v) is 5.43. The first kappa shape index (κ1) is 13.0. The van der Waals surface area contributed by atoms with Crippen LogP contribution in [-0.2, 0) is 16.4 Å². The van der Waals surface area contributed by atoms with Crippen LogP contribution < -0.4 is 10.0 Å². The van der Waals surface area contributed by atoms with E-state index in [1.54, 1.807) is 17.5 Å². The number of thiophene rings is 1. The maximum Gasteiger partial charge on any atom is 0.272 e. The third-order valence-electron chi connectivity index (χ3n) is 2.90. The molecule has 4 nitrogen and oxygen atoms in total. The van der Waals surface area contributed by atoms with E-state index in [0.29, 0.717) is 14.4 Å². The SMILES string of the molecule is O=S(=O)(Nc1ccc2c(c1)CCN2)c1sccc1Br. The zero-order valence-electron chi connectivity index (χ0n) is 9.81. The predicted molar refractivity (Wildman–Crippen MR) is 81.5 cm³/mol. The summed E-state index contributed by atoms with van der Waals surface area (Å²) in [7, 11) is -3.52. The van der Waals surface area contributed by atoms with Gasteiger partial charge in [-0.1, -0.05) is 0 Å². The van der Waals surface area contributed by atoms with Gasteiger partial charge < -0.3 is 5.32 Å². The topological polar surface area (TPSA) is 58.2 Å². The van der Waals surface area contributed by atoms with E-state index in [2.05, 4.69) is 26.0 Å². The third-order valence-corrected chi connectivity index (χ3v) is 6.95. The first-order valence-corrected chi connectivity index (χ1v) is 8.84. The van der Waals surface area contributed by atoms with Crippen molar-refractivity contribution >= 4 is 48.7 Å². The van der Waals surface area contributed by atoms with Gasteiger partial charge in [-0.3, -0.25) is 4.72 Å². The normalized spacial score (nSPS) is 13.9. The van der Waals surface area contributed by atoms with Gasteiger partial charge in [0, 0.05) is 22.4 Å². The Labute approximate surface area is 124 Å². The van der Waals surface area contributed by atoms with Crippen LogP contribution >= 0.6 is 27.3 Å². The number of sulfonamides is 1. The fraction of sp³-hybridized carbons (Fsp3) is 0.167. The molecule has 1 aromatic heterocycles. The molecular weight excluding hydrogens is 348 g/mol. The lowest BCUT2D eigenvalue weighted by atomic mass is 10.1. The number of benzene rings is 1. The molecule has 0 atom stereocenters. The number of nitrogens with one attached hydrogen (secondary N) is 2. The Kier molecular flexibility index (Phi) is 3.28. The zero-order valence-corrected chi connectivity index (χ0v) is 13.0. The summed E-state index contributed by atoms with van der Waals surface area (Å²) in [6.07, 6.45) is 0.924. The molecule has 0 spiro atoms. The lowest BCUT2D eigenvalue weighted by molar-refractivity contribution is 0.603. The van der Waals surface area contributed by atoms with Crippen molar-refractivity contribution in [1.82, 2.24) is 0 Å². The highest BCUT2D eigenvalue weighted by Gasteiger charge is 2.20. The number of fused-ring (bicyclic) bond motifs is 1. The van der Waals surface area contributed by atoms with Crippen molar-refractivity contribution < 1.29 is 8.42 Å². The van der Waals surface area contributed by atoms with Crippen LogP contribution in [0.1, 0.15) is 5.56 Å². The largest absolute Gasteiger partial charge is 0.384 e. The maximum absolute atomic E-state index is 12.2. The molecule has 1 aliphatic heterocycles. The van der Waals surface area contributed by atoms with Crippen LogP contribution in [0.5, 0.6) is 0 Å². The Bertz CT molecular complexity index is 725. The number of anilines is 2. The highest BCUT2D eigenvalue weighted by molar-refractivity contribution is 9.10. The van der Waals surface area contributed by atoms with Gasteiger partial charge in [0.15, 0.2) is 4.21 Å². The first-order valence-electron chi connectivity index (χ1n) is 5.69. The summed E-state index contributed by atoms with van der Waals surface area (Å²) in [5, 5.41) is 4.99. The Morgan fingerprint density at radius 2 is 2.16 bits per heavy atom. The molecule has 1 aliphatic rings. The zero-order chi connectivity index (χ0) is 13.5. The summed E-state index contributed by atoms with van der Waals surface area (Å²) in [6.45, 7) is 0.905. The Hall–Kier alpha value is -1.05. The lowest BCUT2D eigenvalue weighted by Gasteiger charge is -2.08. The number of hydrogen-bond donors (Lipinski definition) is 2. The van der Waals surface area contributed by atoms with Gasteiger partial charge >= 0.3 is 0 Å². The quantitative estimate of drug-likeness (QED) is 0.884. The minimum atomic E-state index is -3.52. The van der Waals surface area contributed by atoms with Crippen molar-refractivity contribution in [2.24, 2.45) is 0 Å². The molecule has 0 saturated heterocycles. The van der Waals surface area contributed by atoms with Gasteiger partial charge in [-0.05, 0) is 57.6 Å². The van der Waals surface area contributed by atoms with Gasteiger partial charge in [0.25, 0.3) is 10.0 Å². The molecule has 0 radical (unpaired) electrons. The van der Waals surface area contributed by atoms with Crippen molar-refractivity contribution in [2.45, 2.75) is 10.6 Å². The van der Waals surface area contributed by atoms with Gasteiger partial charge in [-0.2, -0.15) is 0 Å². The molecule has 0 aliphatic carbocycles. The second-order valence-electron chi connectivity index (χ2n) is 4.21. The summed E-state index contributed by atoms with van der Waals surface area (Å²) in [5.41, 5.74) is 2.83. The van der Waals surface area contributed by atoms with Crippen LogP contribution in [0.2, 0.25) is 0 Å². The summed E-state index contributed by atoms with van der Waals surface area (Å²) in [6, 6.07) is 7.29. The molecule has 1 aromatic carbocycles. The van der Waals surface area contributed by atoms with E-state index >= 15 is 0 Å². The second-order valence-corrected chi connectivity index (χ2v) is 7.86. The third kappa shape index (κ3) is 2.50. The Morgan fingerprint density at radius 1 is 1.32 bits per heavy atom. The minimum absolute atomic E-state index is 0.297. The molecule has 7 heteroatoms. The molecule has 2 aromatic rings. The molecule has 100 valence electrons. The number of rotatable bonds is 3. The summed E-state index contributed by atoms with van der Waals surface area (Å²) < 4.78 is 28.0. The van der Waals surface area contributed by atoms with Crippen LogP contribution in [0, 0.1) is 0 Å². The molecule has 0 amide bonds. The molecule has 2 N–H and O–H groups in total. The van der Waals surface area contributed by atoms with Gasteiger partial charge in [0.05, 0.1) is 0 Å². The number of hydrogen-bond acceptors (Lipinski definition) is 4. The van der Waals surface area contributed by atoms with Gasteiger partial charge in [-0.25, -0.2) is 8.42 Å². The average Bonchev–Trinajstić information content (AvgIpc) is 2.96. The van der Waals surface area contributed by atoms with E-state index in [4.69, 9.17) is 0 Å². The molecular formula is C12H11BrN2O2S2. The van der Waals surface area contributed by atoms with Crippen LogP contribution in [0.3, 0.4) is 0 Å². The van der Waals surface area contributed by atoms with E-state index in [9.17, 15) is 8.42 Å². The van der Waals surface area contributed by atoms with Crippen molar-refractivity contribution in [3.8, 4) is 0 Å². The summed E-state index contributed by atoms with van der Waals surface area (Å²) >= 11 is 4.44. The van der Waals surface area contributed by atoms with E-state index in [1.807, 2.05) is 12.1 Å². The Balaban J connectivity index is 1.91. The molecule has 0 fully saturated rings. The van der Waals surface area contributed by atoms with E-state index in [-0.39, 0.29) is 0 Å². The number of halogens is 1. The monoisotopic (exact) mass is 358 g/mol. The van der Waals surface area contributed by atoms with E-state index in [0.717, 1.165) is 24.2 Å². The van der Waals surface area contributed by atoms with Gasteiger partial charge in [0.1, 0.15) is 0 Å². The highest BCUT2D eigenvalue weighted by Crippen LogP contribution is 2.31. The minimum Gasteiger partial charge on any atom is -0.384 e. The maximum atomic E-state index is 12.2. The molecule has 0 unspecified atom stereocenters. The van der Waals surface area contributed by atoms with Crippen molar-refractivity contribution in [2.75, 3.05) is 16.6 Å². The van der Waals surface area contributed by atoms with Crippen molar-refractivity contribution in [1.29, 1.82) is 0 Å². The molecule has 3 rings (SSSR count). The average molecular weight is 359 g/mol. The van der Waals surface area contributed by atoms with E-state index < -0.39 is 10.0 Å². The van der Waals surface area contributed by atoms with Gasteiger partial charge in [-0.15, -0.1) is 11.3 Å². The smallest absolute Gasteiger partial charge is 0.272 e. The molecule has 0 saturated carbocycles. The fourth-order valence-electron chi connectivity index (χ4n) is 2.04. The first-order chi connectivity index (χ1) is 9.06. The molecule has 2 heterocycles. The van der Waals surface area contributed by atoms with E-state index in [1.165, 1.54) is 11.3 Å². The van der Waals surface area contributed by atoms with Crippen molar-refractivity contribution in [3.63, 3.8) is 0 Å². The summed E-state index contributed by atoms with van der Waals surface area (Å²) in [5.74, 6) is 0.